The number of nitrogens with zero attached hydrogens (tertiary/aromatic N) is 3. The van der Waals surface area contributed by atoms with Gasteiger partial charge in [-0.25, -0.2) is 9.07 Å². The molecule has 0 aliphatic heterocycles. The second-order valence-corrected chi connectivity index (χ2v) is 4.37. The normalized spacial score (nSPS) is 10.8. The van der Waals surface area contributed by atoms with Crippen LogP contribution in [0.25, 0.3) is 5.69 Å². The van der Waals surface area contributed by atoms with Gasteiger partial charge in [-0.1, -0.05) is 12.1 Å². The Morgan fingerprint density at radius 1 is 1.47 bits per heavy atom. The highest BCUT2D eigenvalue weighted by Crippen LogP contribution is 2.19. The molecular weight excluding hydrogens is 287 g/mol. The monoisotopic (exact) mass is 298 g/mol. The van der Waals surface area contributed by atoms with E-state index in [1.54, 1.807) is 23.0 Å². The predicted molar refractivity (Wildman–Crippen MR) is 66.4 cm³/mol. The van der Waals surface area contributed by atoms with Crippen molar-refractivity contribution in [1.29, 1.82) is 0 Å². The molecule has 0 aliphatic carbocycles. The van der Waals surface area contributed by atoms with Crippen LogP contribution in [-0.2, 0) is 6.54 Å². The summed E-state index contributed by atoms with van der Waals surface area (Å²) in [4.78, 5) is 0. The van der Waals surface area contributed by atoms with Crippen molar-refractivity contribution >= 4 is 15.9 Å². The largest absolute Gasteiger partial charge is 0.311 e. The van der Waals surface area contributed by atoms with Gasteiger partial charge in [-0.2, -0.15) is 0 Å². The molecule has 0 atom stereocenters. The van der Waals surface area contributed by atoms with Gasteiger partial charge < -0.3 is 5.32 Å². The molecule has 0 aliphatic rings. The summed E-state index contributed by atoms with van der Waals surface area (Å²) in [6.45, 7) is 3.54. The van der Waals surface area contributed by atoms with E-state index in [-0.39, 0.29) is 5.82 Å². The van der Waals surface area contributed by atoms with Crippen LogP contribution in [0.2, 0.25) is 0 Å². The number of benzene rings is 1. The first-order valence-electron chi connectivity index (χ1n) is 5.28. The van der Waals surface area contributed by atoms with E-state index in [4.69, 9.17) is 0 Å². The lowest BCUT2D eigenvalue weighted by Crippen LogP contribution is -2.15. The van der Waals surface area contributed by atoms with Gasteiger partial charge in [-0.15, -0.1) is 5.10 Å². The highest BCUT2D eigenvalue weighted by atomic mass is 79.9. The fourth-order valence-corrected chi connectivity index (χ4v) is 1.71. The highest BCUT2D eigenvalue weighted by molar-refractivity contribution is 9.10. The zero-order valence-corrected chi connectivity index (χ0v) is 10.9. The van der Waals surface area contributed by atoms with Gasteiger partial charge >= 0.3 is 0 Å². The summed E-state index contributed by atoms with van der Waals surface area (Å²) in [6.07, 6.45) is 1.67. The van der Waals surface area contributed by atoms with Crippen molar-refractivity contribution in [2.24, 2.45) is 0 Å². The second kappa shape index (κ2) is 5.37. The quantitative estimate of drug-likeness (QED) is 0.942. The average molecular weight is 299 g/mol. The first-order valence-corrected chi connectivity index (χ1v) is 6.07. The van der Waals surface area contributed by atoms with Gasteiger partial charge in [0.15, 0.2) is 0 Å². The Labute approximate surface area is 107 Å². The van der Waals surface area contributed by atoms with Crippen molar-refractivity contribution in [3.05, 3.63) is 40.4 Å². The first-order chi connectivity index (χ1) is 8.22. The Kier molecular flexibility index (Phi) is 3.86. The minimum atomic E-state index is -0.313. The van der Waals surface area contributed by atoms with Crippen molar-refractivity contribution in [3.8, 4) is 5.69 Å². The fourth-order valence-electron chi connectivity index (χ4n) is 1.46. The van der Waals surface area contributed by atoms with Gasteiger partial charge in [0, 0.05) is 12.6 Å². The zero-order chi connectivity index (χ0) is 12.3. The minimum absolute atomic E-state index is 0.313. The molecule has 0 saturated heterocycles. The predicted octanol–water partition coefficient (Wildman–Crippen LogP) is 2.28. The molecule has 2 aromatic rings. The van der Waals surface area contributed by atoms with Crippen LogP contribution in [0.1, 0.15) is 12.6 Å². The number of rotatable bonds is 4. The van der Waals surface area contributed by atoms with Crippen LogP contribution in [0, 0.1) is 5.82 Å². The number of nitrogens with one attached hydrogen (secondary N) is 1. The summed E-state index contributed by atoms with van der Waals surface area (Å²) in [5.74, 6) is -0.313. The highest BCUT2D eigenvalue weighted by Gasteiger charge is 2.08. The Morgan fingerprint density at radius 3 is 3.00 bits per heavy atom. The molecule has 0 fully saturated rings. The summed E-state index contributed by atoms with van der Waals surface area (Å²) in [5.41, 5.74) is 1.56. The Bertz CT molecular complexity index is 512. The summed E-state index contributed by atoms with van der Waals surface area (Å²) in [7, 11) is 0. The van der Waals surface area contributed by atoms with E-state index in [9.17, 15) is 4.39 Å². The van der Waals surface area contributed by atoms with Crippen molar-refractivity contribution in [2.45, 2.75) is 13.5 Å². The zero-order valence-electron chi connectivity index (χ0n) is 9.32. The van der Waals surface area contributed by atoms with Crippen molar-refractivity contribution in [2.75, 3.05) is 6.54 Å². The lowest BCUT2D eigenvalue weighted by atomic mass is 10.3. The van der Waals surface area contributed by atoms with Crippen LogP contribution in [-0.4, -0.2) is 21.5 Å². The molecule has 1 heterocycles. The van der Waals surface area contributed by atoms with E-state index in [0.717, 1.165) is 12.2 Å². The second-order valence-electron chi connectivity index (χ2n) is 3.52. The molecular formula is C11H12BrFN4. The smallest absolute Gasteiger partial charge is 0.139 e. The van der Waals surface area contributed by atoms with Crippen LogP contribution >= 0.6 is 15.9 Å². The van der Waals surface area contributed by atoms with Crippen LogP contribution < -0.4 is 5.32 Å². The van der Waals surface area contributed by atoms with Gasteiger partial charge in [0.25, 0.3) is 0 Å². The van der Waals surface area contributed by atoms with Gasteiger partial charge in [0.05, 0.1) is 22.1 Å². The molecule has 0 amide bonds. The molecule has 0 bridgehead atoms. The average Bonchev–Trinajstić information content (AvgIpc) is 2.78. The van der Waals surface area contributed by atoms with Gasteiger partial charge in [0.2, 0.25) is 0 Å². The van der Waals surface area contributed by atoms with Crippen LogP contribution in [0.3, 0.4) is 0 Å². The maximum absolute atomic E-state index is 13.4. The molecule has 0 radical (unpaired) electrons. The SMILES string of the molecule is CCNCc1cnnn1-c1ccc(Br)c(F)c1. The van der Waals surface area contributed by atoms with Gasteiger partial charge in [-0.3, -0.25) is 0 Å². The Morgan fingerprint density at radius 2 is 2.29 bits per heavy atom. The van der Waals surface area contributed by atoms with Gasteiger partial charge in [0.1, 0.15) is 5.82 Å². The molecule has 0 unspecified atom stereocenters. The van der Waals surface area contributed by atoms with E-state index in [1.807, 2.05) is 6.92 Å². The fraction of sp³-hybridized carbons (Fsp3) is 0.273. The topological polar surface area (TPSA) is 42.7 Å². The van der Waals surface area contributed by atoms with Crippen molar-refractivity contribution in [1.82, 2.24) is 20.3 Å². The standard InChI is InChI=1S/C11H12BrFN4/c1-2-14-6-9-7-15-16-17(9)8-3-4-10(12)11(13)5-8/h3-5,7,14H,2,6H2,1H3. The lowest BCUT2D eigenvalue weighted by molar-refractivity contribution is 0.615. The Hall–Kier alpha value is -1.27. The molecule has 1 N–H and O–H groups in total. The molecule has 1 aromatic carbocycles. The summed E-state index contributed by atoms with van der Waals surface area (Å²) in [6, 6.07) is 4.87. The molecule has 1 aromatic heterocycles. The van der Waals surface area contributed by atoms with E-state index < -0.39 is 0 Å². The van der Waals surface area contributed by atoms with E-state index >= 15 is 0 Å². The van der Waals surface area contributed by atoms with E-state index in [1.165, 1.54) is 6.07 Å². The number of hydrogen-bond donors (Lipinski definition) is 1. The molecule has 4 nitrogen and oxygen atoms in total. The van der Waals surface area contributed by atoms with Gasteiger partial charge in [-0.05, 0) is 34.6 Å². The molecule has 6 heteroatoms. The minimum Gasteiger partial charge on any atom is -0.311 e. The third-order valence-electron chi connectivity index (χ3n) is 2.32. The molecule has 17 heavy (non-hydrogen) atoms. The summed E-state index contributed by atoms with van der Waals surface area (Å²) in [5, 5.41) is 11.0. The van der Waals surface area contributed by atoms with Crippen LogP contribution in [0.5, 0.6) is 0 Å². The maximum atomic E-state index is 13.4. The van der Waals surface area contributed by atoms with Crippen LogP contribution in [0.15, 0.2) is 28.9 Å². The lowest BCUT2D eigenvalue weighted by Gasteiger charge is -2.07. The maximum Gasteiger partial charge on any atom is 0.139 e. The Balaban J connectivity index is 2.32. The molecule has 2 rings (SSSR count). The molecule has 0 saturated carbocycles. The molecule has 0 spiro atoms. The van der Waals surface area contributed by atoms with E-state index in [0.29, 0.717) is 16.7 Å². The summed E-state index contributed by atoms with van der Waals surface area (Å²) < 4.78 is 15.5. The van der Waals surface area contributed by atoms with E-state index in [2.05, 4.69) is 31.6 Å². The third-order valence-corrected chi connectivity index (χ3v) is 2.97. The summed E-state index contributed by atoms with van der Waals surface area (Å²) >= 11 is 3.12. The van der Waals surface area contributed by atoms with Crippen LogP contribution in [0.4, 0.5) is 4.39 Å². The van der Waals surface area contributed by atoms with Crippen molar-refractivity contribution < 1.29 is 4.39 Å². The van der Waals surface area contributed by atoms with Crippen molar-refractivity contribution in [3.63, 3.8) is 0 Å². The number of aromatic nitrogens is 3. The first kappa shape index (κ1) is 12.2. The third kappa shape index (κ3) is 2.70. The number of hydrogen-bond acceptors (Lipinski definition) is 3. The molecule has 90 valence electrons. The number of halogens is 2.